The van der Waals surface area contributed by atoms with E-state index in [1.165, 1.54) is 41.7 Å². The highest BCUT2D eigenvalue weighted by atomic mass is 16.8. The fourth-order valence-corrected chi connectivity index (χ4v) is 8.38. The van der Waals surface area contributed by atoms with Crippen molar-refractivity contribution in [3.63, 3.8) is 0 Å². The number of phenolic OH excluding ortho intramolecular Hbond substituents is 1. The Morgan fingerprint density at radius 1 is 1.02 bits per heavy atom. The minimum absolute atomic E-state index is 0.0298. The first-order valence-electron chi connectivity index (χ1n) is 19.8. The van der Waals surface area contributed by atoms with E-state index in [0.29, 0.717) is 36.3 Å². The molecule has 0 bridgehead atoms. The molecule has 61 heavy (non-hydrogen) atoms. The van der Waals surface area contributed by atoms with Gasteiger partial charge in [-0.3, -0.25) is 24.2 Å². The number of ether oxygens (including phenoxy) is 3. The lowest BCUT2D eigenvalue weighted by Crippen LogP contribution is -2.64. The van der Waals surface area contributed by atoms with E-state index >= 15 is 0 Å². The van der Waals surface area contributed by atoms with E-state index in [-0.39, 0.29) is 40.0 Å². The van der Waals surface area contributed by atoms with Crippen LogP contribution in [0, 0.1) is 25.7 Å². The van der Waals surface area contributed by atoms with Crippen LogP contribution in [0.3, 0.4) is 0 Å². The van der Waals surface area contributed by atoms with E-state index in [0.717, 1.165) is 22.3 Å². The number of aliphatic hydroxyl groups excluding tert-OH is 4. The Labute approximate surface area is 348 Å². The molecule has 8 rings (SSSR count). The number of hydrogen-bond acceptors (Lipinski definition) is 16. The number of aliphatic imine (C=N–C) groups is 1. The second-order valence-electron chi connectivity index (χ2n) is 15.6. The van der Waals surface area contributed by atoms with Crippen LogP contribution in [-0.4, -0.2) is 117 Å². The Balaban J connectivity index is 1.11. The van der Waals surface area contributed by atoms with Crippen molar-refractivity contribution in [3.8, 4) is 22.6 Å². The third-order valence-electron chi connectivity index (χ3n) is 11.3. The van der Waals surface area contributed by atoms with Crippen LogP contribution in [0.15, 0.2) is 98.5 Å². The molecule has 17 nitrogen and oxygen atoms in total. The Bertz CT molecular complexity index is 2460. The third kappa shape index (κ3) is 8.28. The number of aromatic hydroxyl groups is 1. The van der Waals surface area contributed by atoms with Gasteiger partial charge in [-0.2, -0.15) is 0 Å². The van der Waals surface area contributed by atoms with Crippen molar-refractivity contribution < 1.29 is 63.7 Å². The molecule has 9 atom stereocenters. The van der Waals surface area contributed by atoms with E-state index in [9.17, 15) is 45.0 Å². The number of carbonyl (C=O) groups excluding carboxylic acids is 1. The van der Waals surface area contributed by atoms with Gasteiger partial charge in [0.25, 0.3) is 0 Å². The van der Waals surface area contributed by atoms with Gasteiger partial charge in [0, 0.05) is 36.1 Å². The monoisotopic (exact) mass is 839 g/mol. The number of aryl methyl sites for hydroxylation is 2. The van der Waals surface area contributed by atoms with Gasteiger partial charge in [0.2, 0.25) is 12.6 Å². The Hall–Kier alpha value is -5.92. The standard InChI is InChI=1S/C44H45N3O14/c1-21-14-22(2)16-26(15-21)35-34-24(11-13-46-34)18-47(35)61-40-38(52)37(51)39(43(56)60-42(55)32(41(53)54)33-25(19-48)4-3-12-45-33)59-44(40)58-28-9-10-29-31(17-28)57-20-30(36(29)50)23-5-7-27(49)8-6-23/h5-11,13-17,20,25,32-33,37-40,43-45,48-49,51-52,56H,3-4,12,18-19H2,1-2H3,(H,53,54)/t25-,32+,33+,37-,38-,39-,40+,43+,44+/m1/s1. The number of carboxylic acid groups (broad SMARTS) is 1. The molecule has 3 aromatic carbocycles. The number of hydroxylamine groups is 2. The average Bonchev–Trinajstić information content (AvgIpc) is 3.82. The number of nitrogens with zero attached hydrogens (tertiary/aromatic N) is 2. The molecule has 17 heteroatoms. The van der Waals surface area contributed by atoms with Crippen LogP contribution in [0.5, 0.6) is 11.5 Å². The van der Waals surface area contributed by atoms with Crippen molar-refractivity contribution >= 4 is 34.8 Å². The molecular formula is C44H45N3O14. The maximum atomic E-state index is 13.5. The molecule has 7 N–H and O–H groups in total. The molecular weight excluding hydrogens is 794 g/mol. The smallest absolute Gasteiger partial charge is 0.324 e. The van der Waals surface area contributed by atoms with Crippen LogP contribution in [0.25, 0.3) is 27.8 Å². The lowest BCUT2D eigenvalue weighted by molar-refractivity contribution is -0.344. The van der Waals surface area contributed by atoms with Crippen LogP contribution in [-0.2, 0) is 23.9 Å². The Morgan fingerprint density at radius 3 is 2.49 bits per heavy atom. The number of aliphatic hydroxyl groups is 4. The zero-order chi connectivity index (χ0) is 43.1. The quantitative estimate of drug-likeness (QED) is 0.0615. The van der Waals surface area contributed by atoms with Crippen LogP contribution in [0.4, 0.5) is 0 Å². The number of esters is 1. The number of rotatable bonds is 12. The molecule has 0 saturated carbocycles. The zero-order valence-electron chi connectivity index (χ0n) is 33.1. The van der Waals surface area contributed by atoms with Crippen molar-refractivity contribution in [2.45, 2.75) is 69.7 Å². The predicted molar refractivity (Wildman–Crippen MR) is 217 cm³/mol. The maximum absolute atomic E-state index is 13.5. The van der Waals surface area contributed by atoms with Gasteiger partial charge in [0.05, 0.1) is 28.9 Å². The summed E-state index contributed by atoms with van der Waals surface area (Å²) in [5.41, 5.74) is 5.23. The normalized spacial score (nSPS) is 25.9. The lowest BCUT2D eigenvalue weighted by Gasteiger charge is -2.44. The van der Waals surface area contributed by atoms with Gasteiger partial charge in [-0.1, -0.05) is 29.3 Å². The van der Waals surface area contributed by atoms with Crippen molar-refractivity contribution in [1.82, 2.24) is 10.4 Å². The van der Waals surface area contributed by atoms with Gasteiger partial charge in [0.1, 0.15) is 35.6 Å². The molecule has 0 radical (unpaired) electrons. The van der Waals surface area contributed by atoms with E-state index < -0.39 is 73.4 Å². The summed E-state index contributed by atoms with van der Waals surface area (Å²) in [6.07, 6.45) is -5.46. The van der Waals surface area contributed by atoms with Crippen molar-refractivity contribution in [2.24, 2.45) is 16.8 Å². The second kappa shape index (κ2) is 17.2. The number of aliphatic carboxylic acids is 1. The summed E-state index contributed by atoms with van der Waals surface area (Å²) in [4.78, 5) is 50.4. The molecule has 2 saturated heterocycles. The number of nitrogens with one attached hydrogen (secondary N) is 1. The minimum Gasteiger partial charge on any atom is -0.508 e. The lowest BCUT2D eigenvalue weighted by atomic mass is 9.83. The van der Waals surface area contributed by atoms with Gasteiger partial charge in [-0.25, -0.2) is 5.06 Å². The molecule has 1 aromatic heterocycles. The summed E-state index contributed by atoms with van der Waals surface area (Å²) >= 11 is 0. The van der Waals surface area contributed by atoms with Crippen LogP contribution in [0.2, 0.25) is 0 Å². The molecule has 4 aromatic rings. The minimum atomic E-state index is -2.33. The summed E-state index contributed by atoms with van der Waals surface area (Å²) in [6.45, 7) is 4.07. The van der Waals surface area contributed by atoms with Crippen LogP contribution < -0.4 is 15.5 Å². The van der Waals surface area contributed by atoms with E-state index in [1.807, 2.05) is 38.1 Å². The number of hydrogen-bond donors (Lipinski definition) is 7. The number of carbonyl (C=O) groups is 2. The van der Waals surface area contributed by atoms with Crippen LogP contribution in [0.1, 0.15) is 29.5 Å². The predicted octanol–water partition coefficient (Wildman–Crippen LogP) is 2.53. The number of allylic oxidation sites excluding steroid dienone is 1. The molecule has 0 unspecified atom stereocenters. The van der Waals surface area contributed by atoms with Crippen molar-refractivity contribution in [2.75, 3.05) is 19.7 Å². The molecule has 4 aliphatic rings. The number of piperidine rings is 1. The zero-order valence-corrected chi connectivity index (χ0v) is 33.1. The van der Waals surface area contributed by atoms with E-state index in [2.05, 4.69) is 10.3 Å². The van der Waals surface area contributed by atoms with E-state index in [1.54, 1.807) is 18.3 Å². The van der Waals surface area contributed by atoms with Crippen molar-refractivity contribution in [1.29, 1.82) is 0 Å². The van der Waals surface area contributed by atoms with Gasteiger partial charge < -0.3 is 54.6 Å². The molecule has 0 aliphatic carbocycles. The number of benzene rings is 3. The van der Waals surface area contributed by atoms with Crippen molar-refractivity contribution in [3.05, 3.63) is 111 Å². The number of phenols is 1. The molecule has 0 spiro atoms. The topological polar surface area (TPSA) is 250 Å². The molecule has 320 valence electrons. The first-order chi connectivity index (χ1) is 29.3. The van der Waals surface area contributed by atoms with Gasteiger partial charge >= 0.3 is 11.9 Å². The molecule has 2 fully saturated rings. The maximum Gasteiger partial charge on any atom is 0.324 e. The molecule has 4 aliphatic heterocycles. The van der Waals surface area contributed by atoms with Gasteiger partial charge in [-0.05, 0) is 87.2 Å². The number of carboxylic acids is 1. The van der Waals surface area contributed by atoms with Gasteiger partial charge in [-0.15, -0.1) is 0 Å². The Morgan fingerprint density at radius 2 is 1.77 bits per heavy atom. The highest BCUT2D eigenvalue weighted by molar-refractivity contribution is 5.95. The summed E-state index contributed by atoms with van der Waals surface area (Å²) in [7, 11) is 0. The van der Waals surface area contributed by atoms with E-state index in [4.69, 9.17) is 23.5 Å². The van der Waals surface area contributed by atoms with Gasteiger partial charge in [0.15, 0.2) is 23.6 Å². The second-order valence-corrected chi connectivity index (χ2v) is 15.6. The molecule has 0 amide bonds. The largest absolute Gasteiger partial charge is 0.508 e. The Kier molecular flexibility index (Phi) is 11.8. The third-order valence-corrected chi connectivity index (χ3v) is 11.3. The fraction of sp³-hybridized carbons (Fsp3) is 0.364. The summed E-state index contributed by atoms with van der Waals surface area (Å²) < 4.78 is 23.4. The van der Waals surface area contributed by atoms with Crippen LogP contribution >= 0.6 is 0 Å². The fourth-order valence-electron chi connectivity index (χ4n) is 8.38. The molecule has 5 heterocycles. The number of fused-ring (bicyclic) bond motifs is 2. The summed E-state index contributed by atoms with van der Waals surface area (Å²) in [5, 5.41) is 68.9. The highest BCUT2D eigenvalue weighted by Gasteiger charge is 2.53. The summed E-state index contributed by atoms with van der Waals surface area (Å²) in [5.74, 6) is -5.28. The summed E-state index contributed by atoms with van der Waals surface area (Å²) in [6, 6.07) is 15.2. The first kappa shape index (κ1) is 41.8. The highest BCUT2D eigenvalue weighted by Crippen LogP contribution is 2.40. The average molecular weight is 840 g/mol. The first-order valence-corrected chi connectivity index (χ1v) is 19.8. The SMILES string of the molecule is Cc1cc(C)cc(C2=C3N=CC=C3CN2O[C@@H]2[C@@H](Oc3ccc4c(=O)c(-c5ccc(O)cc5)coc4c3)O[C@@H]([C@@H](O)OC(=O)[C@H](C(=O)O)[C@H]3NCCC[C@@H]3CO)[C@H](O)[C@H]2O)c1.